The number of ether oxygens (including phenoxy) is 1. The van der Waals surface area contributed by atoms with Crippen LogP contribution in [-0.4, -0.2) is 36.1 Å². The van der Waals surface area contributed by atoms with E-state index < -0.39 is 36.1 Å². The second kappa shape index (κ2) is 6.99. The number of carbonyl (C=O) groups is 3. The molecule has 0 fully saturated rings. The topological polar surface area (TPSA) is 92.7 Å². The van der Waals surface area contributed by atoms with Crippen LogP contribution < -0.4 is 5.32 Å². The molecule has 6 nitrogen and oxygen atoms in total. The number of aliphatic carboxylic acids is 1. The van der Waals surface area contributed by atoms with Gasteiger partial charge in [0.05, 0.1) is 13.5 Å². The number of carboxylic acids is 1. The van der Waals surface area contributed by atoms with E-state index in [0.29, 0.717) is 4.47 Å². The summed E-state index contributed by atoms with van der Waals surface area (Å²) >= 11 is 3.02. The number of halogens is 2. The van der Waals surface area contributed by atoms with Gasteiger partial charge in [-0.15, -0.1) is 0 Å². The summed E-state index contributed by atoms with van der Waals surface area (Å²) in [6.45, 7) is 0. The van der Waals surface area contributed by atoms with Crippen molar-refractivity contribution in [2.75, 3.05) is 7.11 Å². The Morgan fingerprint density at radius 3 is 2.55 bits per heavy atom. The third-order valence-electron chi connectivity index (χ3n) is 2.33. The summed E-state index contributed by atoms with van der Waals surface area (Å²) in [6.07, 6.45) is -0.520. The molecular weight excluding hydrogens is 337 g/mol. The fourth-order valence-corrected chi connectivity index (χ4v) is 1.84. The van der Waals surface area contributed by atoms with E-state index >= 15 is 0 Å². The van der Waals surface area contributed by atoms with Crippen LogP contribution in [0.25, 0.3) is 0 Å². The lowest BCUT2D eigenvalue weighted by Gasteiger charge is -2.13. The first-order valence-corrected chi connectivity index (χ1v) is 6.19. The first-order chi connectivity index (χ1) is 9.33. The molecule has 0 unspecified atom stereocenters. The van der Waals surface area contributed by atoms with Gasteiger partial charge in [0.2, 0.25) is 0 Å². The predicted molar refractivity (Wildman–Crippen MR) is 69.6 cm³/mol. The molecule has 108 valence electrons. The second-order valence-corrected chi connectivity index (χ2v) is 4.72. The molecule has 8 heteroatoms. The van der Waals surface area contributed by atoms with Crippen LogP contribution in [0, 0.1) is 5.82 Å². The fourth-order valence-electron chi connectivity index (χ4n) is 1.38. The van der Waals surface area contributed by atoms with Gasteiger partial charge in [0, 0.05) is 10.0 Å². The molecule has 1 amide bonds. The van der Waals surface area contributed by atoms with Crippen LogP contribution in [0.4, 0.5) is 4.39 Å². The third-order valence-corrected chi connectivity index (χ3v) is 2.78. The van der Waals surface area contributed by atoms with E-state index in [9.17, 15) is 18.8 Å². The summed E-state index contributed by atoms with van der Waals surface area (Å²) in [4.78, 5) is 33.8. The Kier molecular flexibility index (Phi) is 5.63. The highest BCUT2D eigenvalue weighted by Gasteiger charge is 2.24. The molecule has 2 N–H and O–H groups in total. The van der Waals surface area contributed by atoms with Gasteiger partial charge in [-0.3, -0.25) is 9.59 Å². The SMILES string of the molecule is COC(=O)C[C@H](NC(=O)c1cc(F)cc(Br)c1)C(=O)O. The Labute approximate surface area is 122 Å². The smallest absolute Gasteiger partial charge is 0.326 e. The molecule has 1 aromatic rings. The molecule has 1 aromatic carbocycles. The molecule has 0 saturated heterocycles. The molecule has 0 aromatic heterocycles. The zero-order chi connectivity index (χ0) is 15.3. The lowest BCUT2D eigenvalue weighted by Crippen LogP contribution is -2.42. The standard InChI is InChI=1S/C12H11BrFNO5/c1-20-10(16)5-9(12(18)19)15-11(17)6-2-7(13)4-8(14)3-6/h2-4,9H,5H2,1H3,(H,15,17)(H,18,19)/t9-/m0/s1. The van der Waals surface area contributed by atoms with E-state index in [0.717, 1.165) is 19.2 Å². The summed E-state index contributed by atoms with van der Waals surface area (Å²) in [6, 6.07) is 1.99. The molecule has 0 aliphatic heterocycles. The number of benzene rings is 1. The number of carboxylic acid groups (broad SMARTS) is 1. The van der Waals surface area contributed by atoms with Crippen molar-refractivity contribution in [2.24, 2.45) is 0 Å². The second-order valence-electron chi connectivity index (χ2n) is 3.80. The number of hydrogen-bond donors (Lipinski definition) is 2. The van der Waals surface area contributed by atoms with Crippen molar-refractivity contribution in [3.63, 3.8) is 0 Å². The van der Waals surface area contributed by atoms with Crippen LogP contribution in [-0.2, 0) is 14.3 Å². The van der Waals surface area contributed by atoms with Crippen molar-refractivity contribution in [1.29, 1.82) is 0 Å². The van der Waals surface area contributed by atoms with Gasteiger partial charge in [-0.1, -0.05) is 15.9 Å². The maximum absolute atomic E-state index is 13.1. The van der Waals surface area contributed by atoms with E-state index in [1.165, 1.54) is 6.07 Å². The normalized spacial score (nSPS) is 11.6. The third kappa shape index (κ3) is 4.61. The van der Waals surface area contributed by atoms with Crippen molar-refractivity contribution in [3.8, 4) is 0 Å². The van der Waals surface area contributed by atoms with Crippen molar-refractivity contribution < 1.29 is 28.6 Å². The Balaban J connectivity index is 2.85. The maximum Gasteiger partial charge on any atom is 0.326 e. The largest absolute Gasteiger partial charge is 0.480 e. The van der Waals surface area contributed by atoms with Gasteiger partial charge in [-0.2, -0.15) is 0 Å². The van der Waals surface area contributed by atoms with Gasteiger partial charge in [-0.05, 0) is 18.2 Å². The molecule has 0 spiro atoms. The highest BCUT2D eigenvalue weighted by atomic mass is 79.9. The van der Waals surface area contributed by atoms with Gasteiger partial charge < -0.3 is 15.2 Å². The minimum Gasteiger partial charge on any atom is -0.480 e. The number of hydrogen-bond acceptors (Lipinski definition) is 4. The number of methoxy groups -OCH3 is 1. The molecule has 0 bridgehead atoms. The van der Waals surface area contributed by atoms with Crippen LogP contribution in [0.2, 0.25) is 0 Å². The zero-order valence-corrected chi connectivity index (χ0v) is 11.9. The lowest BCUT2D eigenvalue weighted by atomic mass is 10.1. The van der Waals surface area contributed by atoms with Crippen molar-refractivity contribution in [3.05, 3.63) is 34.1 Å². The van der Waals surface area contributed by atoms with Crippen LogP contribution in [0.15, 0.2) is 22.7 Å². The van der Waals surface area contributed by atoms with E-state index in [1.807, 2.05) is 0 Å². The number of amides is 1. The number of carbonyl (C=O) groups excluding carboxylic acids is 2. The summed E-state index contributed by atoms with van der Waals surface area (Å²) in [5, 5.41) is 11.0. The monoisotopic (exact) mass is 347 g/mol. The summed E-state index contributed by atoms with van der Waals surface area (Å²) in [7, 11) is 1.10. The predicted octanol–water partition coefficient (Wildman–Crippen LogP) is 1.33. The zero-order valence-electron chi connectivity index (χ0n) is 10.4. The van der Waals surface area contributed by atoms with Crippen LogP contribution in [0.3, 0.4) is 0 Å². The van der Waals surface area contributed by atoms with Crippen molar-refractivity contribution in [1.82, 2.24) is 5.32 Å². The minimum absolute atomic E-state index is 0.0620. The van der Waals surface area contributed by atoms with Gasteiger partial charge >= 0.3 is 11.9 Å². The van der Waals surface area contributed by atoms with Crippen molar-refractivity contribution in [2.45, 2.75) is 12.5 Å². The van der Waals surface area contributed by atoms with Gasteiger partial charge in [0.25, 0.3) is 5.91 Å². The van der Waals surface area contributed by atoms with E-state index in [1.54, 1.807) is 0 Å². The molecule has 1 atom stereocenters. The van der Waals surface area contributed by atoms with Crippen LogP contribution in [0.5, 0.6) is 0 Å². The molecule has 0 radical (unpaired) electrons. The summed E-state index contributed by atoms with van der Waals surface area (Å²) in [5.41, 5.74) is -0.0620. The van der Waals surface area contributed by atoms with Gasteiger partial charge in [0.1, 0.15) is 11.9 Å². The first kappa shape index (κ1) is 16.1. The molecule has 0 aliphatic carbocycles. The maximum atomic E-state index is 13.1. The number of rotatable bonds is 5. The lowest BCUT2D eigenvalue weighted by molar-refractivity contribution is -0.147. The quantitative estimate of drug-likeness (QED) is 0.784. The average molecular weight is 348 g/mol. The first-order valence-electron chi connectivity index (χ1n) is 5.40. The molecule has 0 heterocycles. The number of nitrogens with one attached hydrogen (secondary N) is 1. The fraction of sp³-hybridized carbons (Fsp3) is 0.250. The van der Waals surface area contributed by atoms with Crippen molar-refractivity contribution >= 4 is 33.8 Å². The van der Waals surface area contributed by atoms with E-state index in [4.69, 9.17) is 5.11 Å². The van der Waals surface area contributed by atoms with E-state index in [2.05, 4.69) is 26.0 Å². The molecule has 20 heavy (non-hydrogen) atoms. The van der Waals surface area contributed by atoms with Gasteiger partial charge in [0.15, 0.2) is 0 Å². The summed E-state index contributed by atoms with van der Waals surface area (Å²) < 4.78 is 17.8. The molecule has 1 rings (SSSR count). The Morgan fingerprint density at radius 2 is 2.05 bits per heavy atom. The Morgan fingerprint density at radius 1 is 1.40 bits per heavy atom. The Hall–Kier alpha value is -1.96. The highest BCUT2D eigenvalue weighted by molar-refractivity contribution is 9.10. The molecular formula is C12H11BrFNO5. The summed E-state index contributed by atoms with van der Waals surface area (Å²) in [5.74, 6) is -3.62. The van der Waals surface area contributed by atoms with Gasteiger partial charge in [-0.25, -0.2) is 9.18 Å². The van der Waals surface area contributed by atoms with Crippen LogP contribution >= 0.6 is 15.9 Å². The van der Waals surface area contributed by atoms with E-state index in [-0.39, 0.29) is 5.56 Å². The molecule has 0 saturated carbocycles. The average Bonchev–Trinajstić information content (AvgIpc) is 2.36. The molecule has 0 aliphatic rings. The Bertz CT molecular complexity index is 528. The minimum atomic E-state index is -1.45. The highest BCUT2D eigenvalue weighted by Crippen LogP contribution is 2.15. The van der Waals surface area contributed by atoms with Crippen LogP contribution in [0.1, 0.15) is 16.8 Å². The number of esters is 1.